The van der Waals surface area contributed by atoms with Crippen LogP contribution in [0.5, 0.6) is 11.5 Å². The molecule has 3 aromatic rings. The number of hydrogen-bond donors (Lipinski definition) is 1. The minimum Gasteiger partial charge on any atom is -0.497 e. The molecule has 0 aliphatic rings. The van der Waals surface area contributed by atoms with Gasteiger partial charge in [0, 0.05) is 13.1 Å². The molecule has 1 N–H and O–H groups in total. The van der Waals surface area contributed by atoms with Crippen molar-refractivity contribution in [2.75, 3.05) is 31.6 Å². The van der Waals surface area contributed by atoms with Gasteiger partial charge in [-0.05, 0) is 61.2 Å². The molecule has 42 heavy (non-hydrogen) atoms. The Hall–Kier alpha value is -4.05. The Bertz CT molecular complexity index is 1460. The fourth-order valence-electron chi connectivity index (χ4n) is 4.57. The van der Waals surface area contributed by atoms with Crippen LogP contribution in [0.3, 0.4) is 0 Å². The molecule has 0 unspecified atom stereocenters. The Labute approximate surface area is 249 Å². The number of rotatable bonds is 14. The molecule has 0 fully saturated rings. The van der Waals surface area contributed by atoms with Crippen molar-refractivity contribution in [2.24, 2.45) is 5.92 Å². The molecule has 0 aliphatic carbocycles. The van der Waals surface area contributed by atoms with Gasteiger partial charge in [-0.2, -0.15) is 0 Å². The number of sulfonamides is 1. The summed E-state index contributed by atoms with van der Waals surface area (Å²) >= 11 is 0. The lowest BCUT2D eigenvalue weighted by Gasteiger charge is -2.33. The second-order valence-corrected chi connectivity index (χ2v) is 12.3. The van der Waals surface area contributed by atoms with E-state index < -0.39 is 28.5 Å². The van der Waals surface area contributed by atoms with Crippen molar-refractivity contribution in [1.82, 2.24) is 10.2 Å². The zero-order valence-corrected chi connectivity index (χ0v) is 26.0. The number of ether oxygens (including phenoxy) is 2. The molecular formula is C32H41N3O6S. The van der Waals surface area contributed by atoms with Crippen molar-refractivity contribution in [3.63, 3.8) is 0 Å². The summed E-state index contributed by atoms with van der Waals surface area (Å²) in [6.45, 7) is 7.82. The maximum Gasteiger partial charge on any atom is 0.264 e. The second-order valence-electron chi connectivity index (χ2n) is 10.4. The number of nitrogens with zero attached hydrogens (tertiary/aromatic N) is 2. The number of anilines is 1. The summed E-state index contributed by atoms with van der Waals surface area (Å²) < 4.78 is 39.9. The van der Waals surface area contributed by atoms with Crippen LogP contribution in [-0.2, 0) is 26.2 Å². The standard InChI is InChI=1S/C32H41N3O6S/c1-7-28(32(37)33-20-23(2)3)34(21-25-12-10-11-24(4)19-25)31(36)22-35(29-13-8-9-14-30(29)41-6)42(38,39)27-17-15-26(40-5)16-18-27/h8-19,23,28H,7,20-22H2,1-6H3,(H,33,37)/t28-/m1/s1. The summed E-state index contributed by atoms with van der Waals surface area (Å²) in [5.74, 6) is 0.203. The lowest BCUT2D eigenvalue weighted by atomic mass is 10.1. The van der Waals surface area contributed by atoms with Gasteiger partial charge in [0.25, 0.3) is 10.0 Å². The van der Waals surface area contributed by atoms with Crippen LogP contribution >= 0.6 is 0 Å². The summed E-state index contributed by atoms with van der Waals surface area (Å²) in [5.41, 5.74) is 2.05. The number of hydrogen-bond acceptors (Lipinski definition) is 6. The van der Waals surface area contributed by atoms with E-state index >= 15 is 0 Å². The predicted octanol–water partition coefficient (Wildman–Crippen LogP) is 4.79. The van der Waals surface area contributed by atoms with Crippen molar-refractivity contribution in [2.45, 2.75) is 51.6 Å². The van der Waals surface area contributed by atoms with Gasteiger partial charge >= 0.3 is 0 Å². The molecule has 0 spiro atoms. The molecule has 10 heteroatoms. The van der Waals surface area contributed by atoms with Gasteiger partial charge in [-0.25, -0.2) is 8.42 Å². The smallest absolute Gasteiger partial charge is 0.264 e. The first kappa shape index (κ1) is 32.5. The van der Waals surface area contributed by atoms with Gasteiger partial charge in [0.15, 0.2) is 0 Å². The molecule has 0 aromatic heterocycles. The van der Waals surface area contributed by atoms with Gasteiger partial charge in [0.2, 0.25) is 11.8 Å². The van der Waals surface area contributed by atoms with Crippen LogP contribution in [0.4, 0.5) is 5.69 Å². The monoisotopic (exact) mass is 595 g/mol. The average molecular weight is 596 g/mol. The molecule has 0 aliphatic heterocycles. The summed E-state index contributed by atoms with van der Waals surface area (Å²) in [6.07, 6.45) is 0.349. The highest BCUT2D eigenvalue weighted by Gasteiger charge is 2.34. The molecule has 2 amide bonds. The topological polar surface area (TPSA) is 105 Å². The number of carbonyl (C=O) groups is 2. The molecule has 3 aromatic carbocycles. The molecule has 3 rings (SSSR count). The van der Waals surface area contributed by atoms with Crippen LogP contribution in [0.1, 0.15) is 38.3 Å². The fraction of sp³-hybridized carbons (Fsp3) is 0.375. The Kier molecular flexibility index (Phi) is 11.4. The first-order valence-electron chi connectivity index (χ1n) is 13.9. The number of para-hydroxylation sites is 2. The van der Waals surface area contributed by atoms with E-state index in [2.05, 4.69) is 5.32 Å². The number of nitrogens with one attached hydrogen (secondary N) is 1. The highest BCUT2D eigenvalue weighted by atomic mass is 32.2. The lowest BCUT2D eigenvalue weighted by Crippen LogP contribution is -2.52. The number of aryl methyl sites for hydroxylation is 1. The second kappa shape index (κ2) is 14.7. The van der Waals surface area contributed by atoms with E-state index in [1.165, 1.54) is 31.3 Å². The minimum atomic E-state index is -4.24. The third-order valence-electron chi connectivity index (χ3n) is 6.79. The fourth-order valence-corrected chi connectivity index (χ4v) is 6.00. The summed E-state index contributed by atoms with van der Waals surface area (Å²) in [6, 6.07) is 19.4. The number of amides is 2. The Morgan fingerprint density at radius 2 is 1.62 bits per heavy atom. The van der Waals surface area contributed by atoms with Crippen molar-refractivity contribution in [3.05, 3.63) is 83.9 Å². The Morgan fingerprint density at radius 3 is 2.21 bits per heavy atom. The summed E-state index contributed by atoms with van der Waals surface area (Å²) in [5, 5.41) is 2.94. The van der Waals surface area contributed by atoms with Gasteiger partial charge in [0.05, 0.1) is 24.8 Å². The Morgan fingerprint density at radius 1 is 0.929 bits per heavy atom. The van der Waals surface area contributed by atoms with E-state index in [0.29, 0.717) is 18.7 Å². The van der Waals surface area contributed by atoms with Crippen LogP contribution in [0.15, 0.2) is 77.7 Å². The highest BCUT2D eigenvalue weighted by Crippen LogP contribution is 2.33. The lowest BCUT2D eigenvalue weighted by molar-refractivity contribution is -0.140. The van der Waals surface area contributed by atoms with Crippen LogP contribution in [0, 0.1) is 12.8 Å². The van der Waals surface area contributed by atoms with Crippen molar-refractivity contribution in [1.29, 1.82) is 0 Å². The maximum atomic E-state index is 14.2. The van der Waals surface area contributed by atoms with Crippen molar-refractivity contribution >= 4 is 27.5 Å². The minimum absolute atomic E-state index is 0.0195. The van der Waals surface area contributed by atoms with E-state index in [-0.39, 0.29) is 34.7 Å². The van der Waals surface area contributed by atoms with Gasteiger partial charge in [-0.15, -0.1) is 0 Å². The molecule has 0 saturated heterocycles. The zero-order chi connectivity index (χ0) is 30.9. The third-order valence-corrected chi connectivity index (χ3v) is 8.56. The normalized spacial score (nSPS) is 12.0. The predicted molar refractivity (Wildman–Crippen MR) is 164 cm³/mol. The summed E-state index contributed by atoms with van der Waals surface area (Å²) in [7, 11) is -1.31. The van der Waals surface area contributed by atoms with E-state index in [9.17, 15) is 18.0 Å². The third kappa shape index (κ3) is 8.03. The first-order chi connectivity index (χ1) is 20.0. The SMILES string of the molecule is CC[C@H](C(=O)NCC(C)C)N(Cc1cccc(C)c1)C(=O)CN(c1ccccc1OC)S(=O)(=O)c1ccc(OC)cc1. The van der Waals surface area contributed by atoms with E-state index in [1.54, 1.807) is 36.4 Å². The van der Waals surface area contributed by atoms with Gasteiger partial charge < -0.3 is 19.7 Å². The van der Waals surface area contributed by atoms with Gasteiger partial charge in [-0.1, -0.05) is 62.7 Å². The molecule has 9 nitrogen and oxygen atoms in total. The van der Waals surface area contributed by atoms with Crippen molar-refractivity contribution < 1.29 is 27.5 Å². The molecule has 226 valence electrons. The van der Waals surface area contributed by atoms with Crippen LogP contribution in [0.2, 0.25) is 0 Å². The van der Waals surface area contributed by atoms with Crippen molar-refractivity contribution in [3.8, 4) is 11.5 Å². The van der Waals surface area contributed by atoms with Gasteiger partial charge in [0.1, 0.15) is 24.1 Å². The number of carbonyl (C=O) groups excluding carboxylic acids is 2. The number of methoxy groups -OCH3 is 2. The van der Waals surface area contributed by atoms with E-state index in [1.807, 2.05) is 52.0 Å². The first-order valence-corrected chi connectivity index (χ1v) is 15.4. The van der Waals surface area contributed by atoms with Crippen LogP contribution < -0.4 is 19.1 Å². The molecule has 0 radical (unpaired) electrons. The molecular weight excluding hydrogens is 554 g/mol. The quantitative estimate of drug-likeness (QED) is 0.288. The Balaban J connectivity index is 2.09. The van der Waals surface area contributed by atoms with Crippen LogP contribution in [0.25, 0.3) is 0 Å². The molecule has 0 saturated carbocycles. The molecule has 1 atom stereocenters. The largest absolute Gasteiger partial charge is 0.497 e. The zero-order valence-electron chi connectivity index (χ0n) is 25.2. The van der Waals surface area contributed by atoms with E-state index in [4.69, 9.17) is 9.47 Å². The van der Waals surface area contributed by atoms with Crippen LogP contribution in [-0.4, -0.2) is 58.5 Å². The van der Waals surface area contributed by atoms with E-state index in [0.717, 1.165) is 15.4 Å². The van der Waals surface area contributed by atoms with Gasteiger partial charge in [-0.3, -0.25) is 13.9 Å². The highest BCUT2D eigenvalue weighted by molar-refractivity contribution is 7.92. The maximum absolute atomic E-state index is 14.2. The number of benzene rings is 3. The molecule has 0 bridgehead atoms. The summed E-state index contributed by atoms with van der Waals surface area (Å²) in [4.78, 5) is 29.0. The average Bonchev–Trinajstić information content (AvgIpc) is 2.98. The molecule has 0 heterocycles.